The van der Waals surface area contributed by atoms with Crippen LogP contribution in [-0.4, -0.2) is 50.8 Å². The smallest absolute Gasteiger partial charge is 0.228 e. The Morgan fingerprint density at radius 1 is 1.20 bits per heavy atom. The predicted octanol–water partition coefficient (Wildman–Crippen LogP) is 3.05. The van der Waals surface area contributed by atoms with Crippen LogP contribution in [0.3, 0.4) is 0 Å². The molecule has 1 aromatic rings. The highest BCUT2D eigenvalue weighted by atomic mass is 16.5. The molecule has 138 valence electrons. The molecule has 2 aliphatic heterocycles. The minimum atomic E-state index is 0.0710. The summed E-state index contributed by atoms with van der Waals surface area (Å²) in [5.41, 5.74) is 1.22. The Kier molecular flexibility index (Phi) is 6.19. The van der Waals surface area contributed by atoms with Crippen molar-refractivity contribution in [2.75, 3.05) is 34.0 Å². The number of hydrogen-bond donors (Lipinski definition) is 0. The molecular weight excluding hydrogens is 318 g/mol. The number of aryl methyl sites for hydroxylation is 1. The van der Waals surface area contributed by atoms with Gasteiger partial charge in [0.05, 0.1) is 26.7 Å². The van der Waals surface area contributed by atoms with E-state index in [0.29, 0.717) is 18.6 Å². The summed E-state index contributed by atoms with van der Waals surface area (Å²) in [6.07, 6.45) is 6.24. The third-order valence-electron chi connectivity index (χ3n) is 5.40. The first-order valence-corrected chi connectivity index (χ1v) is 9.32. The predicted molar refractivity (Wildman–Crippen MR) is 96.1 cm³/mol. The van der Waals surface area contributed by atoms with Crippen molar-refractivity contribution in [3.05, 3.63) is 23.8 Å². The molecule has 0 unspecified atom stereocenters. The molecule has 5 nitrogen and oxygen atoms in total. The lowest BCUT2D eigenvalue weighted by Gasteiger charge is -2.37. The number of methoxy groups -OCH3 is 2. The van der Waals surface area contributed by atoms with Gasteiger partial charge in [0.2, 0.25) is 5.91 Å². The minimum absolute atomic E-state index is 0.0710. The van der Waals surface area contributed by atoms with Crippen molar-refractivity contribution >= 4 is 5.91 Å². The third kappa shape index (κ3) is 4.27. The Bertz CT molecular complexity index is 583. The zero-order chi connectivity index (χ0) is 17.6. The lowest BCUT2D eigenvalue weighted by atomic mass is 9.94. The minimum Gasteiger partial charge on any atom is -0.493 e. The molecule has 0 bridgehead atoms. The number of carbonyl (C=O) groups is 1. The molecule has 2 atom stereocenters. The van der Waals surface area contributed by atoms with Gasteiger partial charge in [-0.15, -0.1) is 0 Å². The van der Waals surface area contributed by atoms with Gasteiger partial charge in [0, 0.05) is 19.2 Å². The number of amides is 1. The van der Waals surface area contributed by atoms with Gasteiger partial charge in [-0.1, -0.05) is 6.07 Å². The number of rotatable bonds is 6. The van der Waals surface area contributed by atoms with E-state index in [4.69, 9.17) is 14.2 Å². The van der Waals surface area contributed by atoms with Gasteiger partial charge in [0.1, 0.15) is 0 Å². The van der Waals surface area contributed by atoms with Crippen molar-refractivity contribution in [2.45, 2.75) is 44.6 Å². The average molecular weight is 347 g/mol. The third-order valence-corrected chi connectivity index (χ3v) is 5.40. The van der Waals surface area contributed by atoms with E-state index in [1.54, 1.807) is 14.2 Å². The van der Waals surface area contributed by atoms with Crippen LogP contribution in [0, 0.1) is 5.92 Å². The van der Waals surface area contributed by atoms with Crippen LogP contribution in [-0.2, 0) is 16.0 Å². The van der Waals surface area contributed by atoms with Crippen LogP contribution in [0.4, 0.5) is 0 Å². The van der Waals surface area contributed by atoms with Crippen molar-refractivity contribution in [3.8, 4) is 11.5 Å². The number of carbonyl (C=O) groups excluding carboxylic acids is 1. The van der Waals surface area contributed by atoms with E-state index in [1.807, 2.05) is 12.1 Å². The monoisotopic (exact) mass is 347 g/mol. The quantitative estimate of drug-likeness (QED) is 0.793. The Labute approximate surface area is 150 Å². The maximum atomic E-state index is 12.8. The van der Waals surface area contributed by atoms with E-state index in [1.165, 1.54) is 12.0 Å². The second-order valence-corrected chi connectivity index (χ2v) is 6.97. The van der Waals surface area contributed by atoms with Gasteiger partial charge < -0.3 is 19.1 Å². The van der Waals surface area contributed by atoms with Crippen molar-refractivity contribution in [3.63, 3.8) is 0 Å². The van der Waals surface area contributed by atoms with E-state index in [2.05, 4.69) is 11.0 Å². The van der Waals surface area contributed by atoms with Crippen LogP contribution >= 0.6 is 0 Å². The molecule has 0 saturated carbocycles. The van der Waals surface area contributed by atoms with Crippen LogP contribution < -0.4 is 9.47 Å². The molecule has 1 amide bonds. The molecule has 2 fully saturated rings. The van der Waals surface area contributed by atoms with Crippen LogP contribution in [0.25, 0.3) is 0 Å². The molecule has 0 aromatic heterocycles. The van der Waals surface area contributed by atoms with E-state index in [-0.39, 0.29) is 5.92 Å². The fraction of sp³-hybridized carbons (Fsp3) is 0.650. The van der Waals surface area contributed by atoms with Crippen molar-refractivity contribution in [1.82, 2.24) is 4.90 Å². The summed E-state index contributed by atoms with van der Waals surface area (Å²) in [4.78, 5) is 14.9. The molecule has 2 aliphatic rings. The topological polar surface area (TPSA) is 48.0 Å². The number of hydrogen-bond acceptors (Lipinski definition) is 4. The standard InChI is InChI=1S/C20H29NO4/c1-23-18-9-7-15(13-19(18)24-2)6-8-17-5-3-4-11-21(17)20(22)16-10-12-25-14-16/h7,9,13,16-17H,3-6,8,10-12,14H2,1-2H3/t16-,17-/m0/s1. The molecular formula is C20H29NO4. The number of nitrogens with zero attached hydrogens (tertiary/aromatic N) is 1. The molecule has 0 radical (unpaired) electrons. The SMILES string of the molecule is COc1ccc(CC[C@@H]2CCCCN2C(=O)[C@H]2CCOC2)cc1OC. The summed E-state index contributed by atoms with van der Waals surface area (Å²) >= 11 is 0. The molecule has 3 rings (SSSR count). The second kappa shape index (κ2) is 8.56. The Morgan fingerprint density at radius 2 is 2.04 bits per heavy atom. The van der Waals surface area contributed by atoms with E-state index >= 15 is 0 Å². The summed E-state index contributed by atoms with van der Waals surface area (Å²) in [6.45, 7) is 2.21. The summed E-state index contributed by atoms with van der Waals surface area (Å²) in [7, 11) is 3.31. The first-order chi connectivity index (χ1) is 12.2. The lowest BCUT2D eigenvalue weighted by Crippen LogP contribution is -2.46. The molecule has 2 heterocycles. The van der Waals surface area contributed by atoms with Crippen molar-refractivity contribution < 1.29 is 19.0 Å². The summed E-state index contributed by atoms with van der Waals surface area (Å²) < 4.78 is 16.1. The largest absolute Gasteiger partial charge is 0.493 e. The first kappa shape index (κ1) is 18.1. The van der Waals surface area contributed by atoms with E-state index < -0.39 is 0 Å². The van der Waals surface area contributed by atoms with Crippen LogP contribution in [0.1, 0.15) is 37.7 Å². The first-order valence-electron chi connectivity index (χ1n) is 9.32. The highest BCUT2D eigenvalue weighted by molar-refractivity contribution is 5.79. The maximum absolute atomic E-state index is 12.8. The van der Waals surface area contributed by atoms with Gasteiger partial charge in [-0.25, -0.2) is 0 Å². The van der Waals surface area contributed by atoms with Gasteiger partial charge in [-0.05, 0) is 56.2 Å². The fourth-order valence-corrected chi connectivity index (χ4v) is 3.92. The molecule has 2 saturated heterocycles. The maximum Gasteiger partial charge on any atom is 0.228 e. The molecule has 25 heavy (non-hydrogen) atoms. The second-order valence-electron chi connectivity index (χ2n) is 6.97. The Morgan fingerprint density at radius 3 is 2.76 bits per heavy atom. The molecule has 0 spiro atoms. The van der Waals surface area contributed by atoms with Crippen LogP contribution in [0.5, 0.6) is 11.5 Å². The highest BCUT2D eigenvalue weighted by Gasteiger charge is 2.33. The number of ether oxygens (including phenoxy) is 3. The van der Waals surface area contributed by atoms with Gasteiger partial charge >= 0.3 is 0 Å². The highest BCUT2D eigenvalue weighted by Crippen LogP contribution is 2.30. The molecule has 1 aromatic carbocycles. The summed E-state index contributed by atoms with van der Waals surface area (Å²) in [5.74, 6) is 1.89. The van der Waals surface area contributed by atoms with E-state index in [9.17, 15) is 4.79 Å². The average Bonchev–Trinajstić information content (AvgIpc) is 3.20. The number of likely N-dealkylation sites (tertiary alicyclic amines) is 1. The zero-order valence-electron chi connectivity index (χ0n) is 15.3. The summed E-state index contributed by atoms with van der Waals surface area (Å²) in [6, 6.07) is 6.42. The van der Waals surface area contributed by atoms with Gasteiger partial charge in [-0.3, -0.25) is 4.79 Å². The van der Waals surface area contributed by atoms with Gasteiger partial charge in [-0.2, -0.15) is 0 Å². The fourth-order valence-electron chi connectivity index (χ4n) is 3.92. The summed E-state index contributed by atoms with van der Waals surface area (Å²) in [5, 5.41) is 0. The van der Waals surface area contributed by atoms with Crippen molar-refractivity contribution in [2.24, 2.45) is 5.92 Å². The van der Waals surface area contributed by atoms with Gasteiger partial charge in [0.15, 0.2) is 11.5 Å². The normalized spacial score (nSPS) is 23.5. The van der Waals surface area contributed by atoms with E-state index in [0.717, 1.165) is 56.8 Å². The van der Waals surface area contributed by atoms with Crippen LogP contribution in [0.15, 0.2) is 18.2 Å². The zero-order valence-corrected chi connectivity index (χ0v) is 15.3. The molecule has 5 heteroatoms. The molecule has 0 aliphatic carbocycles. The van der Waals surface area contributed by atoms with Crippen LogP contribution in [0.2, 0.25) is 0 Å². The number of benzene rings is 1. The number of piperidine rings is 1. The molecule has 0 N–H and O–H groups in total. The Balaban J connectivity index is 1.62. The Hall–Kier alpha value is -1.75. The lowest BCUT2D eigenvalue weighted by molar-refractivity contribution is -0.139. The van der Waals surface area contributed by atoms with Gasteiger partial charge in [0.25, 0.3) is 0 Å². The van der Waals surface area contributed by atoms with Crippen molar-refractivity contribution in [1.29, 1.82) is 0 Å².